The Balaban J connectivity index is 1.43. The molecule has 2 fully saturated rings. The Kier molecular flexibility index (Phi) is 7.55. The predicted octanol–water partition coefficient (Wildman–Crippen LogP) is 7.05. The third kappa shape index (κ3) is 5.33. The van der Waals surface area contributed by atoms with Gasteiger partial charge in [0.1, 0.15) is 0 Å². The molecule has 0 atom stereocenters. The molecule has 0 spiro atoms. The van der Waals surface area contributed by atoms with Crippen molar-refractivity contribution >= 4 is 0 Å². The lowest BCUT2D eigenvalue weighted by Gasteiger charge is -2.37. The molecule has 0 amide bonds. The van der Waals surface area contributed by atoms with Crippen molar-refractivity contribution in [1.29, 1.82) is 0 Å². The molecule has 26 heavy (non-hydrogen) atoms. The van der Waals surface area contributed by atoms with Crippen LogP contribution in [-0.4, -0.2) is 6.61 Å². The Morgan fingerprint density at radius 1 is 0.923 bits per heavy atom. The van der Waals surface area contributed by atoms with E-state index in [4.69, 9.17) is 4.74 Å². The van der Waals surface area contributed by atoms with Crippen LogP contribution in [0.3, 0.4) is 0 Å². The lowest BCUT2D eigenvalue weighted by atomic mass is 9.68. The number of rotatable bonds is 7. The van der Waals surface area contributed by atoms with Crippen LogP contribution in [-0.2, 0) is 11.3 Å². The van der Waals surface area contributed by atoms with Crippen LogP contribution >= 0.6 is 0 Å². The van der Waals surface area contributed by atoms with Gasteiger partial charge in [-0.05, 0) is 93.1 Å². The van der Waals surface area contributed by atoms with Gasteiger partial charge in [0.2, 0.25) is 0 Å². The summed E-state index contributed by atoms with van der Waals surface area (Å²) >= 11 is 0. The van der Waals surface area contributed by atoms with Crippen molar-refractivity contribution in [3.05, 3.63) is 60.2 Å². The standard InChI is InChI=1S/C25H36O/c1-3-5-18-26-19-21-8-12-23(13-9-21)25-16-14-24(15-17-25)22-10-6-20(4-2)7-11-22/h3-5,8-9,12-13,20,22,24-25H,2,6-7,10-11,14-19H2,1H3/t20-,22-,24?,25?. The monoisotopic (exact) mass is 352 g/mol. The summed E-state index contributed by atoms with van der Waals surface area (Å²) in [6, 6.07) is 9.20. The molecule has 0 saturated heterocycles. The van der Waals surface area contributed by atoms with Gasteiger partial charge >= 0.3 is 0 Å². The van der Waals surface area contributed by atoms with Gasteiger partial charge in [-0.15, -0.1) is 6.58 Å². The van der Waals surface area contributed by atoms with Crippen LogP contribution in [0.5, 0.6) is 0 Å². The van der Waals surface area contributed by atoms with Crippen molar-refractivity contribution in [3.8, 4) is 0 Å². The van der Waals surface area contributed by atoms with Crippen molar-refractivity contribution in [1.82, 2.24) is 0 Å². The largest absolute Gasteiger partial charge is 0.373 e. The fraction of sp³-hybridized carbons (Fsp3) is 0.600. The number of hydrogen-bond acceptors (Lipinski definition) is 1. The van der Waals surface area contributed by atoms with Crippen molar-refractivity contribution in [2.24, 2.45) is 17.8 Å². The Bertz CT molecular complexity index is 554. The topological polar surface area (TPSA) is 9.23 Å². The van der Waals surface area contributed by atoms with Crippen LogP contribution in [0.4, 0.5) is 0 Å². The van der Waals surface area contributed by atoms with E-state index < -0.39 is 0 Å². The molecule has 0 aliphatic heterocycles. The SMILES string of the molecule is C=C[C@H]1CC[C@H](C2CCC(c3ccc(COCC=CC)cc3)CC2)CC1. The summed E-state index contributed by atoms with van der Waals surface area (Å²) in [4.78, 5) is 0. The van der Waals surface area contributed by atoms with Crippen LogP contribution in [0.15, 0.2) is 49.1 Å². The third-order valence-electron chi connectivity index (χ3n) is 6.76. The van der Waals surface area contributed by atoms with E-state index in [2.05, 4.69) is 43.0 Å². The number of ether oxygens (including phenoxy) is 1. The zero-order valence-electron chi connectivity index (χ0n) is 16.5. The van der Waals surface area contributed by atoms with Crippen molar-refractivity contribution in [2.45, 2.75) is 70.8 Å². The van der Waals surface area contributed by atoms with E-state index in [0.717, 1.165) is 23.7 Å². The predicted molar refractivity (Wildman–Crippen MR) is 111 cm³/mol. The Labute approximate surface area is 160 Å². The molecule has 2 aliphatic rings. The average molecular weight is 353 g/mol. The van der Waals surface area contributed by atoms with E-state index >= 15 is 0 Å². The molecule has 0 aromatic heterocycles. The van der Waals surface area contributed by atoms with E-state index in [1.165, 1.54) is 62.5 Å². The number of benzene rings is 1. The van der Waals surface area contributed by atoms with E-state index in [-0.39, 0.29) is 0 Å². The van der Waals surface area contributed by atoms with Gasteiger partial charge in [-0.25, -0.2) is 0 Å². The molecular formula is C25H36O. The van der Waals surface area contributed by atoms with Gasteiger partial charge in [-0.3, -0.25) is 0 Å². The molecule has 0 N–H and O–H groups in total. The van der Waals surface area contributed by atoms with Gasteiger partial charge in [0, 0.05) is 0 Å². The summed E-state index contributed by atoms with van der Waals surface area (Å²) < 4.78 is 5.65. The van der Waals surface area contributed by atoms with Gasteiger partial charge in [-0.2, -0.15) is 0 Å². The lowest BCUT2D eigenvalue weighted by molar-refractivity contribution is 0.148. The van der Waals surface area contributed by atoms with Crippen LogP contribution in [0, 0.1) is 17.8 Å². The smallest absolute Gasteiger partial charge is 0.0721 e. The molecule has 0 heterocycles. The first-order chi connectivity index (χ1) is 12.8. The summed E-state index contributed by atoms with van der Waals surface area (Å²) in [6.45, 7) is 7.43. The van der Waals surface area contributed by atoms with Crippen LogP contribution in [0.1, 0.15) is 75.3 Å². The maximum Gasteiger partial charge on any atom is 0.0721 e. The van der Waals surface area contributed by atoms with E-state index in [0.29, 0.717) is 13.2 Å². The summed E-state index contributed by atoms with van der Waals surface area (Å²) in [7, 11) is 0. The van der Waals surface area contributed by atoms with Gasteiger partial charge in [-0.1, -0.05) is 42.5 Å². The average Bonchev–Trinajstić information content (AvgIpc) is 2.72. The Morgan fingerprint density at radius 2 is 1.54 bits per heavy atom. The molecule has 0 bridgehead atoms. The van der Waals surface area contributed by atoms with Crippen LogP contribution in [0.2, 0.25) is 0 Å². The zero-order chi connectivity index (χ0) is 18.2. The highest BCUT2D eigenvalue weighted by Crippen LogP contribution is 2.44. The Hall–Kier alpha value is -1.34. The molecule has 1 aromatic rings. The molecule has 1 aromatic carbocycles. The van der Waals surface area contributed by atoms with E-state index in [1.54, 1.807) is 0 Å². The molecular weight excluding hydrogens is 316 g/mol. The fourth-order valence-electron chi connectivity index (χ4n) is 5.00. The highest BCUT2D eigenvalue weighted by molar-refractivity contribution is 5.25. The highest BCUT2D eigenvalue weighted by Gasteiger charge is 2.30. The minimum atomic E-state index is 0.705. The fourth-order valence-corrected chi connectivity index (χ4v) is 5.00. The molecule has 0 radical (unpaired) electrons. The first-order valence-electron chi connectivity index (χ1n) is 10.7. The highest BCUT2D eigenvalue weighted by atomic mass is 16.5. The molecule has 2 saturated carbocycles. The summed E-state index contributed by atoms with van der Waals surface area (Å²) in [6.07, 6.45) is 17.5. The van der Waals surface area contributed by atoms with Gasteiger partial charge in [0.15, 0.2) is 0 Å². The lowest BCUT2D eigenvalue weighted by Crippen LogP contribution is -2.25. The van der Waals surface area contributed by atoms with Gasteiger partial charge in [0.25, 0.3) is 0 Å². The quantitative estimate of drug-likeness (QED) is 0.377. The normalized spacial score (nSPS) is 29.7. The summed E-state index contributed by atoms with van der Waals surface area (Å²) in [5.41, 5.74) is 2.82. The minimum absolute atomic E-state index is 0.705. The Morgan fingerprint density at radius 3 is 2.12 bits per heavy atom. The zero-order valence-corrected chi connectivity index (χ0v) is 16.5. The van der Waals surface area contributed by atoms with Crippen LogP contribution in [0.25, 0.3) is 0 Å². The maximum atomic E-state index is 5.65. The molecule has 3 rings (SSSR count). The maximum absolute atomic E-state index is 5.65. The van der Waals surface area contributed by atoms with Gasteiger partial charge < -0.3 is 4.74 Å². The summed E-state index contributed by atoms with van der Waals surface area (Å²) in [5, 5.41) is 0. The van der Waals surface area contributed by atoms with Crippen LogP contribution < -0.4 is 0 Å². The molecule has 1 nitrogen and oxygen atoms in total. The second kappa shape index (κ2) is 10.1. The minimum Gasteiger partial charge on any atom is -0.373 e. The summed E-state index contributed by atoms with van der Waals surface area (Å²) in [5.74, 6) is 3.54. The second-order valence-electron chi connectivity index (χ2n) is 8.35. The van der Waals surface area contributed by atoms with E-state index in [9.17, 15) is 0 Å². The number of hydrogen-bond donors (Lipinski definition) is 0. The van der Waals surface area contributed by atoms with E-state index in [1.807, 2.05) is 13.0 Å². The van der Waals surface area contributed by atoms with Gasteiger partial charge in [0.05, 0.1) is 13.2 Å². The molecule has 1 heteroatoms. The first kappa shape index (κ1) is 19.4. The van der Waals surface area contributed by atoms with Crippen molar-refractivity contribution in [2.75, 3.05) is 6.61 Å². The van der Waals surface area contributed by atoms with Crippen molar-refractivity contribution < 1.29 is 4.74 Å². The first-order valence-corrected chi connectivity index (χ1v) is 10.7. The second-order valence-corrected chi connectivity index (χ2v) is 8.35. The van der Waals surface area contributed by atoms with Crippen molar-refractivity contribution in [3.63, 3.8) is 0 Å². The third-order valence-corrected chi connectivity index (χ3v) is 6.76. The molecule has 2 aliphatic carbocycles. The number of allylic oxidation sites excluding steroid dienone is 2. The molecule has 0 unspecified atom stereocenters. The molecule has 142 valence electrons.